The van der Waals surface area contributed by atoms with E-state index in [9.17, 15) is 45.8 Å². The minimum Gasteiger partial charge on any atom is -0.484 e. The molecule has 17 nitrogen and oxygen atoms in total. The molecule has 4 aliphatic rings. The Morgan fingerprint density at radius 1 is 0.610 bits per heavy atom. The number of esters is 3. The van der Waals surface area contributed by atoms with Gasteiger partial charge >= 0.3 is 30.3 Å². The number of carbonyl (C=O) groups excluding carboxylic acids is 3. The van der Waals surface area contributed by atoms with Crippen LogP contribution >= 0.6 is 0 Å². The summed E-state index contributed by atoms with van der Waals surface area (Å²) in [6.07, 6.45) is -1.03. The van der Waals surface area contributed by atoms with Gasteiger partial charge in [0.1, 0.15) is 70.7 Å². The van der Waals surface area contributed by atoms with Crippen LogP contribution in [0.25, 0.3) is 12.2 Å². The van der Waals surface area contributed by atoms with Gasteiger partial charge < -0.3 is 66.7 Å². The first-order chi connectivity index (χ1) is 38.6. The van der Waals surface area contributed by atoms with Gasteiger partial charge in [-0.15, -0.1) is 0 Å². The summed E-state index contributed by atoms with van der Waals surface area (Å²) in [7, 11) is 2.73. The predicted molar refractivity (Wildman–Crippen MR) is 284 cm³/mol. The SMILES string of the molecule is COCOc1cc(OCC(F)(F)F)cc2c1C(=O)O[C@@H](C)[C@H](C)/C=C\C(O)[C@H]1OC(C)(C)O[C@H]1C/C=C/2.COCOc1cc(OCC(F)(F)F)cc2c1C(=O)O[C@@H](C)[C@H](C)/C=C\C(OC(=O)c1ccccc1)[C@H]1OC(C)(C)O[C@H]1C/C=C/2. The van der Waals surface area contributed by atoms with Crippen molar-refractivity contribution in [2.75, 3.05) is 41.0 Å². The van der Waals surface area contributed by atoms with E-state index in [1.807, 2.05) is 13.8 Å². The van der Waals surface area contributed by atoms with Crippen molar-refractivity contribution in [1.29, 1.82) is 0 Å². The molecule has 450 valence electrons. The largest absolute Gasteiger partial charge is 0.484 e. The van der Waals surface area contributed by atoms with Crippen molar-refractivity contribution in [1.82, 2.24) is 0 Å². The molecule has 0 spiro atoms. The van der Waals surface area contributed by atoms with Crippen molar-refractivity contribution < 1.29 is 107 Å². The van der Waals surface area contributed by atoms with E-state index in [1.54, 1.807) is 120 Å². The smallest absolute Gasteiger partial charge is 0.422 e. The summed E-state index contributed by atoms with van der Waals surface area (Å²) >= 11 is 0. The summed E-state index contributed by atoms with van der Waals surface area (Å²) in [5.74, 6) is -5.10. The Bertz CT molecular complexity index is 2760. The van der Waals surface area contributed by atoms with Crippen LogP contribution in [0, 0.1) is 11.8 Å². The number of rotatable bonds is 12. The molecule has 0 amide bonds. The Balaban J connectivity index is 0.000000269. The summed E-state index contributed by atoms with van der Waals surface area (Å²) < 4.78 is 150. The van der Waals surface area contributed by atoms with Crippen LogP contribution in [-0.4, -0.2) is 137 Å². The average Bonchev–Trinajstić information content (AvgIpc) is 4.00. The predicted octanol–water partition coefficient (Wildman–Crippen LogP) is 11.2. The molecule has 82 heavy (non-hydrogen) atoms. The summed E-state index contributed by atoms with van der Waals surface area (Å²) in [6, 6.07) is 13.5. The zero-order chi connectivity index (χ0) is 60.2. The van der Waals surface area contributed by atoms with E-state index in [1.165, 1.54) is 38.5 Å². The quantitative estimate of drug-likeness (QED) is 0.0591. The van der Waals surface area contributed by atoms with Crippen molar-refractivity contribution in [2.24, 2.45) is 11.8 Å². The van der Waals surface area contributed by atoms with Gasteiger partial charge in [0, 0.05) is 38.2 Å². The summed E-state index contributed by atoms with van der Waals surface area (Å²) in [6.45, 7) is 10.4. The highest BCUT2D eigenvalue weighted by Crippen LogP contribution is 2.39. The first-order valence-electron chi connectivity index (χ1n) is 26.3. The number of aliphatic hydroxyl groups is 1. The first-order valence-corrected chi connectivity index (χ1v) is 26.3. The van der Waals surface area contributed by atoms with E-state index < -0.39 is 104 Å². The first kappa shape index (κ1) is 64.7. The van der Waals surface area contributed by atoms with Gasteiger partial charge in [-0.2, -0.15) is 26.3 Å². The molecule has 4 aliphatic heterocycles. The van der Waals surface area contributed by atoms with E-state index in [-0.39, 0.29) is 83.5 Å². The molecule has 3 aromatic rings. The van der Waals surface area contributed by atoms with Crippen LogP contribution in [-0.2, 0) is 42.6 Å². The fourth-order valence-corrected chi connectivity index (χ4v) is 8.86. The maximum atomic E-state index is 13.5. The monoisotopic (exact) mass is 1160 g/mol. The van der Waals surface area contributed by atoms with Crippen molar-refractivity contribution in [2.45, 2.75) is 141 Å². The molecule has 0 radical (unpaired) electrons. The number of hydrogen-bond acceptors (Lipinski definition) is 17. The number of cyclic esters (lactones) is 2. The van der Waals surface area contributed by atoms with E-state index in [2.05, 4.69) is 0 Å². The molecular formula is C59H70F6O17. The van der Waals surface area contributed by atoms with Crippen molar-refractivity contribution in [3.8, 4) is 23.0 Å². The lowest BCUT2D eigenvalue weighted by molar-refractivity contribution is -0.154. The normalized spacial score (nSPS) is 28.0. The number of benzene rings is 3. The third kappa shape index (κ3) is 18.8. The average molecular weight is 1170 g/mol. The minimum atomic E-state index is -4.59. The Hall–Kier alpha value is -6.47. The van der Waals surface area contributed by atoms with E-state index in [0.717, 1.165) is 0 Å². The molecule has 23 heteroatoms. The second-order valence-electron chi connectivity index (χ2n) is 20.7. The lowest BCUT2D eigenvalue weighted by atomic mass is 9.98. The van der Waals surface area contributed by atoms with Gasteiger partial charge in [-0.25, -0.2) is 14.4 Å². The molecule has 7 rings (SSSR count). The van der Waals surface area contributed by atoms with E-state index in [0.29, 0.717) is 5.56 Å². The number of alkyl halides is 6. The number of fused-ring (bicyclic) bond motifs is 4. The molecule has 0 saturated carbocycles. The summed E-state index contributed by atoms with van der Waals surface area (Å²) in [5, 5.41) is 10.8. The molecule has 2 unspecified atom stereocenters. The highest BCUT2D eigenvalue weighted by atomic mass is 19.4. The van der Waals surface area contributed by atoms with Crippen LogP contribution in [0.3, 0.4) is 0 Å². The molecule has 2 saturated heterocycles. The van der Waals surface area contributed by atoms with Crippen LogP contribution in [0.1, 0.15) is 110 Å². The van der Waals surface area contributed by atoms with Crippen LogP contribution in [0.2, 0.25) is 0 Å². The Morgan fingerprint density at radius 3 is 1.50 bits per heavy atom. The second-order valence-corrected chi connectivity index (χ2v) is 20.7. The molecule has 1 N–H and O–H groups in total. The lowest BCUT2D eigenvalue weighted by Crippen LogP contribution is -2.37. The number of methoxy groups -OCH3 is 2. The van der Waals surface area contributed by atoms with Gasteiger partial charge in [-0.05, 0) is 95.9 Å². The molecule has 2 fully saturated rings. The molecule has 3 aromatic carbocycles. The molecular weight excluding hydrogens is 1090 g/mol. The molecule has 0 aromatic heterocycles. The highest BCUT2D eigenvalue weighted by Gasteiger charge is 2.46. The number of halogens is 6. The zero-order valence-corrected chi connectivity index (χ0v) is 47.1. The van der Waals surface area contributed by atoms with Crippen LogP contribution in [0.15, 0.2) is 91.1 Å². The lowest BCUT2D eigenvalue weighted by Gasteiger charge is -2.25. The third-order valence-electron chi connectivity index (χ3n) is 13.1. The van der Waals surface area contributed by atoms with Crippen molar-refractivity contribution in [3.05, 3.63) is 119 Å². The van der Waals surface area contributed by atoms with Crippen LogP contribution in [0.5, 0.6) is 23.0 Å². The maximum absolute atomic E-state index is 13.5. The van der Waals surface area contributed by atoms with Crippen molar-refractivity contribution >= 4 is 30.1 Å². The second kappa shape index (κ2) is 28.2. The topological polar surface area (TPSA) is 191 Å². The Morgan fingerprint density at radius 2 is 1.05 bits per heavy atom. The molecule has 4 heterocycles. The molecule has 0 bridgehead atoms. The van der Waals surface area contributed by atoms with Gasteiger partial charge in [-0.3, -0.25) is 0 Å². The molecule has 0 aliphatic carbocycles. The number of carbonyl (C=O) groups is 3. The Kier molecular flexibility index (Phi) is 22.3. The summed E-state index contributed by atoms with van der Waals surface area (Å²) in [4.78, 5) is 39.9. The standard InChI is InChI=1S/C33H37F3O9.C26H33F3O8/c1-20-14-15-25(43-30(37)22-10-7-6-8-11-22)29-26(44-32(3,4)45-29)13-9-12-23-16-24(40-18-33(34,35)36)17-27(41-19-39-5)28(23)31(38)42-21(20)2;1-15-9-10-19(30)23-20(36-25(3,4)37-23)8-6-7-17-11-18(33-13-26(27,28)29)12-21(34-14-32-5)22(17)24(31)35-16(15)2/h6-12,14-17,20-21,25-26,29H,13,18-19H2,1-5H3;6-7,9-12,15-16,19-20,23,30H,8,13-14H2,1-5H3/b12-9+,15-14-;7-6+,10-9-/t20-,21+,25?,26+,29-;15-,16+,19?,20+,23-/m11/s1. The maximum Gasteiger partial charge on any atom is 0.422 e. The van der Waals surface area contributed by atoms with Gasteiger partial charge in [0.25, 0.3) is 0 Å². The van der Waals surface area contributed by atoms with Gasteiger partial charge in [0.2, 0.25) is 0 Å². The third-order valence-corrected chi connectivity index (χ3v) is 13.1. The number of hydrogen-bond donors (Lipinski definition) is 1. The summed E-state index contributed by atoms with van der Waals surface area (Å²) in [5.41, 5.74) is 0.770. The Labute approximate surface area is 471 Å². The highest BCUT2D eigenvalue weighted by molar-refractivity contribution is 5.98. The van der Waals surface area contributed by atoms with Gasteiger partial charge in [-0.1, -0.05) is 74.6 Å². The zero-order valence-electron chi connectivity index (χ0n) is 47.1. The van der Waals surface area contributed by atoms with Crippen molar-refractivity contribution in [3.63, 3.8) is 0 Å². The number of aliphatic hydroxyl groups excluding tert-OH is 1. The minimum absolute atomic E-state index is 0.00764. The van der Waals surface area contributed by atoms with E-state index >= 15 is 0 Å². The fourth-order valence-electron chi connectivity index (χ4n) is 8.86. The van der Waals surface area contributed by atoms with Gasteiger partial charge in [0.05, 0.1) is 17.8 Å². The molecule has 10 atom stereocenters. The van der Waals surface area contributed by atoms with Crippen LogP contribution in [0.4, 0.5) is 26.3 Å². The van der Waals surface area contributed by atoms with Crippen LogP contribution < -0.4 is 18.9 Å². The van der Waals surface area contributed by atoms with E-state index in [4.69, 9.17) is 61.6 Å². The van der Waals surface area contributed by atoms with Gasteiger partial charge in [0.15, 0.2) is 38.4 Å². The fraction of sp³-hybridized carbons (Fsp3) is 0.508. The number of ether oxygens (including phenoxy) is 13.